The first-order valence-corrected chi connectivity index (χ1v) is 9.14. The van der Waals surface area contributed by atoms with Crippen LogP contribution in [0.1, 0.15) is 18.4 Å². The van der Waals surface area contributed by atoms with Crippen LogP contribution < -0.4 is 15.0 Å². The molecule has 1 aliphatic rings. The predicted molar refractivity (Wildman–Crippen MR) is 105 cm³/mol. The van der Waals surface area contributed by atoms with E-state index in [0.717, 1.165) is 31.9 Å². The molecule has 1 N–H and O–H groups in total. The van der Waals surface area contributed by atoms with Crippen LogP contribution in [0.3, 0.4) is 0 Å². The number of nitrogens with one attached hydrogen (secondary N) is 1. The molecule has 1 heterocycles. The Morgan fingerprint density at radius 2 is 1.69 bits per heavy atom. The maximum absolute atomic E-state index is 12.4. The predicted octanol–water partition coefficient (Wildman–Crippen LogP) is 3.33. The largest absolute Gasteiger partial charge is 0.497 e. The van der Waals surface area contributed by atoms with Gasteiger partial charge in [0.15, 0.2) is 0 Å². The van der Waals surface area contributed by atoms with Crippen LogP contribution in [0.4, 0.5) is 10.5 Å². The van der Waals surface area contributed by atoms with Gasteiger partial charge in [0.05, 0.1) is 7.11 Å². The summed E-state index contributed by atoms with van der Waals surface area (Å²) in [5.41, 5.74) is 2.42. The molecule has 0 aromatic heterocycles. The van der Waals surface area contributed by atoms with Crippen molar-refractivity contribution in [3.63, 3.8) is 0 Å². The lowest BCUT2D eigenvalue weighted by molar-refractivity contribution is 0.194. The Kier molecular flexibility index (Phi) is 6.00. The summed E-state index contributed by atoms with van der Waals surface area (Å²) in [6, 6.07) is 18.4. The fourth-order valence-electron chi connectivity index (χ4n) is 3.21. The van der Waals surface area contributed by atoms with Gasteiger partial charge in [-0.2, -0.15) is 0 Å². The zero-order chi connectivity index (χ0) is 18.4. The average Bonchev–Trinajstić information content (AvgIpc) is 2.72. The second kappa shape index (κ2) is 8.61. The number of hydrogen-bond acceptors (Lipinski definition) is 3. The van der Waals surface area contributed by atoms with Gasteiger partial charge in [-0.15, -0.1) is 0 Å². The molecular weight excluding hydrogens is 326 g/mol. The van der Waals surface area contributed by atoms with Crippen molar-refractivity contribution >= 4 is 11.7 Å². The Hall–Kier alpha value is -2.69. The first-order valence-electron chi connectivity index (χ1n) is 9.14. The molecule has 3 rings (SSSR count). The number of carbonyl (C=O) groups is 1. The summed E-state index contributed by atoms with van der Waals surface area (Å²) in [6.07, 6.45) is 0. The molecule has 5 heteroatoms. The molecule has 1 aliphatic heterocycles. The summed E-state index contributed by atoms with van der Waals surface area (Å²) < 4.78 is 5.20. The Morgan fingerprint density at radius 3 is 2.31 bits per heavy atom. The minimum Gasteiger partial charge on any atom is -0.497 e. The van der Waals surface area contributed by atoms with Crippen molar-refractivity contribution in [3.05, 3.63) is 60.2 Å². The SMILES string of the molecule is COc1ccc(N2CCN(C(=O)NCC(C)c3ccccc3)CC2)cc1. The number of amides is 2. The van der Waals surface area contributed by atoms with Crippen molar-refractivity contribution in [1.29, 1.82) is 0 Å². The number of hydrogen-bond donors (Lipinski definition) is 1. The Balaban J connectivity index is 1.45. The molecule has 0 radical (unpaired) electrons. The van der Waals surface area contributed by atoms with Crippen molar-refractivity contribution in [1.82, 2.24) is 10.2 Å². The van der Waals surface area contributed by atoms with Gasteiger partial charge in [-0.3, -0.25) is 0 Å². The Morgan fingerprint density at radius 1 is 1.04 bits per heavy atom. The molecule has 2 aromatic carbocycles. The highest BCUT2D eigenvalue weighted by atomic mass is 16.5. The molecule has 1 unspecified atom stereocenters. The number of nitrogens with zero attached hydrogens (tertiary/aromatic N) is 2. The standard InChI is InChI=1S/C21H27N3O2/c1-17(18-6-4-3-5-7-18)16-22-21(25)24-14-12-23(13-15-24)19-8-10-20(26-2)11-9-19/h3-11,17H,12-16H2,1-2H3,(H,22,25). The zero-order valence-electron chi connectivity index (χ0n) is 15.5. The van der Waals surface area contributed by atoms with Crippen LogP contribution in [0.15, 0.2) is 54.6 Å². The molecule has 1 fully saturated rings. The van der Waals surface area contributed by atoms with Gasteiger partial charge in [0, 0.05) is 38.4 Å². The van der Waals surface area contributed by atoms with Crippen LogP contribution in [0, 0.1) is 0 Å². The average molecular weight is 353 g/mol. The van der Waals surface area contributed by atoms with E-state index in [1.807, 2.05) is 35.2 Å². The van der Waals surface area contributed by atoms with Crippen molar-refractivity contribution in [2.45, 2.75) is 12.8 Å². The highest BCUT2D eigenvalue weighted by Gasteiger charge is 2.21. The Bertz CT molecular complexity index is 695. The van der Waals surface area contributed by atoms with Crippen LogP contribution >= 0.6 is 0 Å². The van der Waals surface area contributed by atoms with Gasteiger partial charge in [0.2, 0.25) is 0 Å². The van der Waals surface area contributed by atoms with E-state index in [4.69, 9.17) is 4.74 Å². The normalized spacial score (nSPS) is 15.5. The number of urea groups is 1. The second-order valence-electron chi connectivity index (χ2n) is 6.67. The monoisotopic (exact) mass is 353 g/mol. The summed E-state index contributed by atoms with van der Waals surface area (Å²) in [5, 5.41) is 3.07. The second-order valence-corrected chi connectivity index (χ2v) is 6.67. The maximum Gasteiger partial charge on any atom is 0.317 e. The minimum atomic E-state index is 0.0298. The number of rotatable bonds is 5. The van der Waals surface area contributed by atoms with Crippen LogP contribution in [-0.4, -0.2) is 50.8 Å². The number of methoxy groups -OCH3 is 1. The van der Waals surface area contributed by atoms with Gasteiger partial charge in [0.25, 0.3) is 0 Å². The molecule has 0 aliphatic carbocycles. The number of benzene rings is 2. The molecule has 138 valence electrons. The van der Waals surface area contributed by atoms with E-state index in [2.05, 4.69) is 41.4 Å². The molecule has 0 bridgehead atoms. The third-order valence-electron chi connectivity index (χ3n) is 4.93. The quantitative estimate of drug-likeness (QED) is 0.897. The molecule has 1 atom stereocenters. The van der Waals surface area contributed by atoms with E-state index in [9.17, 15) is 4.79 Å². The van der Waals surface area contributed by atoms with E-state index < -0.39 is 0 Å². The van der Waals surface area contributed by atoms with E-state index in [1.54, 1.807) is 7.11 Å². The van der Waals surface area contributed by atoms with Crippen LogP contribution in [0.2, 0.25) is 0 Å². The minimum absolute atomic E-state index is 0.0298. The lowest BCUT2D eigenvalue weighted by atomic mass is 10.0. The summed E-state index contributed by atoms with van der Waals surface area (Å²) in [7, 11) is 1.67. The topological polar surface area (TPSA) is 44.8 Å². The number of piperazine rings is 1. The van der Waals surface area contributed by atoms with E-state index in [-0.39, 0.29) is 6.03 Å². The molecule has 2 amide bonds. The summed E-state index contributed by atoms with van der Waals surface area (Å²) in [6.45, 7) is 5.94. The van der Waals surface area contributed by atoms with Crippen molar-refractivity contribution in [2.24, 2.45) is 0 Å². The van der Waals surface area contributed by atoms with Gasteiger partial charge in [-0.25, -0.2) is 4.79 Å². The van der Waals surface area contributed by atoms with Crippen LogP contribution in [0.25, 0.3) is 0 Å². The molecule has 0 saturated carbocycles. The molecule has 26 heavy (non-hydrogen) atoms. The highest BCUT2D eigenvalue weighted by molar-refractivity contribution is 5.74. The van der Waals surface area contributed by atoms with Crippen LogP contribution in [0.5, 0.6) is 5.75 Å². The van der Waals surface area contributed by atoms with Crippen molar-refractivity contribution < 1.29 is 9.53 Å². The third-order valence-corrected chi connectivity index (χ3v) is 4.93. The van der Waals surface area contributed by atoms with Gasteiger partial charge >= 0.3 is 6.03 Å². The number of anilines is 1. The van der Waals surface area contributed by atoms with Gasteiger partial charge in [0.1, 0.15) is 5.75 Å². The first-order chi connectivity index (χ1) is 12.7. The van der Waals surface area contributed by atoms with Gasteiger partial charge < -0.3 is 19.9 Å². The first kappa shape index (κ1) is 18.1. The summed E-state index contributed by atoms with van der Waals surface area (Å²) in [5.74, 6) is 1.17. The molecule has 0 spiro atoms. The van der Waals surface area contributed by atoms with Crippen molar-refractivity contribution in [3.8, 4) is 5.75 Å². The van der Waals surface area contributed by atoms with E-state index in [0.29, 0.717) is 12.5 Å². The highest BCUT2D eigenvalue weighted by Crippen LogP contribution is 2.20. The van der Waals surface area contributed by atoms with Gasteiger partial charge in [-0.05, 0) is 35.7 Å². The lowest BCUT2D eigenvalue weighted by Crippen LogP contribution is -2.52. The number of carbonyl (C=O) groups excluding carboxylic acids is 1. The van der Waals surface area contributed by atoms with Crippen molar-refractivity contribution in [2.75, 3.05) is 44.7 Å². The molecular formula is C21H27N3O2. The molecule has 5 nitrogen and oxygen atoms in total. The maximum atomic E-state index is 12.4. The fourth-order valence-corrected chi connectivity index (χ4v) is 3.21. The molecule has 2 aromatic rings. The van der Waals surface area contributed by atoms with Crippen LogP contribution in [-0.2, 0) is 0 Å². The van der Waals surface area contributed by atoms with Gasteiger partial charge in [-0.1, -0.05) is 37.3 Å². The van der Waals surface area contributed by atoms with E-state index >= 15 is 0 Å². The fraction of sp³-hybridized carbons (Fsp3) is 0.381. The lowest BCUT2D eigenvalue weighted by Gasteiger charge is -2.36. The summed E-state index contributed by atoms with van der Waals surface area (Å²) in [4.78, 5) is 16.6. The van der Waals surface area contributed by atoms with E-state index in [1.165, 1.54) is 11.3 Å². The number of ether oxygens (including phenoxy) is 1. The summed E-state index contributed by atoms with van der Waals surface area (Å²) >= 11 is 0. The zero-order valence-corrected chi connectivity index (χ0v) is 15.5. The molecule has 1 saturated heterocycles. The third kappa shape index (κ3) is 4.48. The Labute approximate surface area is 155 Å². The smallest absolute Gasteiger partial charge is 0.317 e.